The molecule has 9 heavy (non-hydrogen) atoms. The van der Waals surface area contributed by atoms with Crippen LogP contribution < -0.4 is 0 Å². The highest BCUT2D eigenvalue weighted by Crippen LogP contribution is 1.94. The number of allylic oxidation sites excluding steroid dienone is 3. The van der Waals surface area contributed by atoms with Crippen LogP contribution in [0.25, 0.3) is 0 Å². The molecule has 0 rings (SSSR count). The van der Waals surface area contributed by atoms with Crippen LogP contribution in [0.1, 0.15) is 6.92 Å². The first-order valence-electron chi connectivity index (χ1n) is 2.76. The summed E-state index contributed by atoms with van der Waals surface area (Å²) in [6, 6.07) is 0. The fraction of sp³-hybridized carbons (Fsp3) is 0.429. The summed E-state index contributed by atoms with van der Waals surface area (Å²) >= 11 is 0. The molecular weight excluding hydrogens is 116 g/mol. The van der Waals surface area contributed by atoms with E-state index in [1.807, 2.05) is 19.1 Å². The third-order valence-corrected chi connectivity index (χ3v) is 0.827. The lowest BCUT2D eigenvalue weighted by Gasteiger charge is -2.00. The monoisotopic (exact) mass is 128 g/mol. The van der Waals surface area contributed by atoms with Gasteiger partial charge in [0.2, 0.25) is 0 Å². The van der Waals surface area contributed by atoms with Crippen LogP contribution in [0.5, 0.6) is 0 Å². The van der Waals surface area contributed by atoms with Gasteiger partial charge in [0.05, 0.1) is 14.2 Å². The van der Waals surface area contributed by atoms with Gasteiger partial charge in [-0.2, -0.15) is 0 Å². The van der Waals surface area contributed by atoms with Crippen molar-refractivity contribution in [2.45, 2.75) is 6.92 Å². The van der Waals surface area contributed by atoms with Crippen molar-refractivity contribution in [2.75, 3.05) is 14.2 Å². The zero-order valence-electron chi connectivity index (χ0n) is 6.05. The highest BCUT2D eigenvalue weighted by atomic mass is 16.7. The number of hydrogen-bond donors (Lipinski definition) is 0. The lowest BCUT2D eigenvalue weighted by Crippen LogP contribution is -1.87. The quantitative estimate of drug-likeness (QED) is 0.425. The second-order valence-electron chi connectivity index (χ2n) is 1.42. The van der Waals surface area contributed by atoms with Gasteiger partial charge in [-0.1, -0.05) is 12.2 Å². The lowest BCUT2D eigenvalue weighted by atomic mass is 10.5. The van der Waals surface area contributed by atoms with Crippen LogP contribution in [0, 0.1) is 0 Å². The van der Waals surface area contributed by atoms with Crippen LogP contribution in [0.3, 0.4) is 0 Å². The number of methoxy groups -OCH3 is 2. The first-order chi connectivity index (χ1) is 4.35. The minimum absolute atomic E-state index is 0.521. The average molecular weight is 128 g/mol. The van der Waals surface area contributed by atoms with Crippen LogP contribution >= 0.6 is 0 Å². The molecule has 0 bridgehead atoms. The molecule has 0 unspecified atom stereocenters. The van der Waals surface area contributed by atoms with Gasteiger partial charge in [-0.25, -0.2) is 0 Å². The SMILES string of the molecule is CC=CC=C(OC)OC. The Kier molecular flexibility index (Phi) is 4.69. The Morgan fingerprint density at radius 2 is 1.78 bits per heavy atom. The number of ether oxygens (including phenoxy) is 2. The zero-order chi connectivity index (χ0) is 7.11. The summed E-state index contributed by atoms with van der Waals surface area (Å²) in [5.74, 6) is 0.521. The Labute approximate surface area is 55.8 Å². The average Bonchev–Trinajstić information content (AvgIpc) is 1.91. The van der Waals surface area contributed by atoms with Gasteiger partial charge in [0.15, 0.2) is 0 Å². The van der Waals surface area contributed by atoms with Crippen molar-refractivity contribution >= 4 is 0 Å². The molecule has 0 heterocycles. The molecule has 52 valence electrons. The Morgan fingerprint density at radius 3 is 2.11 bits per heavy atom. The molecule has 0 aliphatic carbocycles. The van der Waals surface area contributed by atoms with E-state index >= 15 is 0 Å². The van der Waals surface area contributed by atoms with E-state index in [9.17, 15) is 0 Å². The second kappa shape index (κ2) is 5.22. The largest absolute Gasteiger partial charge is 0.469 e. The van der Waals surface area contributed by atoms with E-state index < -0.39 is 0 Å². The normalized spacial score (nSPS) is 9.22. The fourth-order valence-electron chi connectivity index (χ4n) is 0.394. The molecule has 0 spiro atoms. The minimum Gasteiger partial charge on any atom is -0.469 e. The van der Waals surface area contributed by atoms with Gasteiger partial charge in [0.25, 0.3) is 5.95 Å². The molecule has 0 aromatic rings. The highest BCUT2D eigenvalue weighted by molar-refractivity contribution is 5.01. The summed E-state index contributed by atoms with van der Waals surface area (Å²) in [5, 5.41) is 0. The van der Waals surface area contributed by atoms with Gasteiger partial charge in [-0.05, 0) is 6.92 Å². The Bertz CT molecular complexity index is 108. The molecule has 0 saturated heterocycles. The van der Waals surface area contributed by atoms with Crippen molar-refractivity contribution in [2.24, 2.45) is 0 Å². The molecule has 0 aromatic heterocycles. The van der Waals surface area contributed by atoms with Crippen molar-refractivity contribution in [3.05, 3.63) is 24.2 Å². The summed E-state index contributed by atoms with van der Waals surface area (Å²) in [7, 11) is 3.14. The minimum atomic E-state index is 0.521. The summed E-state index contributed by atoms with van der Waals surface area (Å²) < 4.78 is 9.58. The van der Waals surface area contributed by atoms with E-state index in [2.05, 4.69) is 0 Å². The topological polar surface area (TPSA) is 18.5 Å². The van der Waals surface area contributed by atoms with Crippen molar-refractivity contribution in [1.82, 2.24) is 0 Å². The van der Waals surface area contributed by atoms with E-state index in [1.165, 1.54) is 0 Å². The lowest BCUT2D eigenvalue weighted by molar-refractivity contribution is 0.0956. The van der Waals surface area contributed by atoms with Crippen LogP contribution in [0.2, 0.25) is 0 Å². The van der Waals surface area contributed by atoms with Crippen LogP contribution in [0.4, 0.5) is 0 Å². The summed E-state index contributed by atoms with van der Waals surface area (Å²) in [5.41, 5.74) is 0. The maximum absolute atomic E-state index is 4.79. The van der Waals surface area contributed by atoms with Crippen molar-refractivity contribution < 1.29 is 9.47 Å². The van der Waals surface area contributed by atoms with Gasteiger partial charge in [0, 0.05) is 6.08 Å². The smallest absolute Gasteiger partial charge is 0.278 e. The second-order valence-corrected chi connectivity index (χ2v) is 1.42. The van der Waals surface area contributed by atoms with Gasteiger partial charge in [-0.3, -0.25) is 0 Å². The highest BCUT2D eigenvalue weighted by Gasteiger charge is 1.85. The van der Waals surface area contributed by atoms with Gasteiger partial charge >= 0.3 is 0 Å². The van der Waals surface area contributed by atoms with E-state index in [1.54, 1.807) is 20.3 Å². The molecule has 0 radical (unpaired) electrons. The molecule has 2 heteroatoms. The van der Waals surface area contributed by atoms with Gasteiger partial charge in [0.1, 0.15) is 0 Å². The Balaban J connectivity index is 3.75. The van der Waals surface area contributed by atoms with Crippen LogP contribution in [-0.4, -0.2) is 14.2 Å². The molecule has 0 aliphatic rings. The summed E-state index contributed by atoms with van der Waals surface area (Å²) in [4.78, 5) is 0. The molecule has 0 saturated carbocycles. The summed E-state index contributed by atoms with van der Waals surface area (Å²) in [6.07, 6.45) is 5.50. The zero-order valence-corrected chi connectivity index (χ0v) is 6.05. The van der Waals surface area contributed by atoms with E-state index in [0.717, 1.165) is 0 Å². The Morgan fingerprint density at radius 1 is 1.22 bits per heavy atom. The van der Waals surface area contributed by atoms with Crippen LogP contribution in [0.15, 0.2) is 24.2 Å². The maximum atomic E-state index is 4.79. The number of rotatable bonds is 3. The molecular formula is C7H12O2. The maximum Gasteiger partial charge on any atom is 0.278 e. The molecule has 0 atom stereocenters. The van der Waals surface area contributed by atoms with E-state index in [0.29, 0.717) is 5.95 Å². The molecule has 0 amide bonds. The number of hydrogen-bond acceptors (Lipinski definition) is 2. The van der Waals surface area contributed by atoms with Crippen molar-refractivity contribution in [3.8, 4) is 0 Å². The van der Waals surface area contributed by atoms with Crippen LogP contribution in [-0.2, 0) is 9.47 Å². The third kappa shape index (κ3) is 3.64. The fourth-order valence-corrected chi connectivity index (χ4v) is 0.394. The predicted octanol–water partition coefficient (Wildman–Crippen LogP) is 1.70. The first kappa shape index (κ1) is 8.08. The molecule has 0 N–H and O–H groups in total. The predicted molar refractivity (Wildman–Crippen MR) is 36.9 cm³/mol. The standard InChI is InChI=1S/C7H12O2/c1-4-5-6-7(8-2)9-3/h4-6H,1-3H3. The van der Waals surface area contributed by atoms with E-state index in [-0.39, 0.29) is 0 Å². The third-order valence-electron chi connectivity index (χ3n) is 0.827. The summed E-state index contributed by atoms with van der Waals surface area (Å²) in [6.45, 7) is 1.93. The van der Waals surface area contributed by atoms with Gasteiger partial charge in [-0.15, -0.1) is 0 Å². The van der Waals surface area contributed by atoms with Crippen molar-refractivity contribution in [1.29, 1.82) is 0 Å². The first-order valence-corrected chi connectivity index (χ1v) is 2.76. The molecule has 0 fully saturated rings. The Hall–Kier alpha value is -0.920. The molecule has 0 aliphatic heterocycles. The van der Waals surface area contributed by atoms with Gasteiger partial charge < -0.3 is 9.47 Å². The van der Waals surface area contributed by atoms with E-state index in [4.69, 9.17) is 9.47 Å². The molecule has 0 aromatic carbocycles. The molecule has 2 nitrogen and oxygen atoms in total. The van der Waals surface area contributed by atoms with Crippen molar-refractivity contribution in [3.63, 3.8) is 0 Å².